The van der Waals surface area contributed by atoms with Gasteiger partial charge in [0, 0.05) is 17.3 Å². The van der Waals surface area contributed by atoms with E-state index in [4.69, 9.17) is 4.74 Å². The molecule has 2 rings (SSSR count). The number of hydrogen-bond acceptors (Lipinski definition) is 2. The third-order valence-corrected chi connectivity index (χ3v) is 3.27. The zero-order valence-corrected chi connectivity index (χ0v) is 13.0. The molecule has 1 amide bonds. The molecule has 0 atom stereocenters. The van der Waals surface area contributed by atoms with Crippen LogP contribution in [0.25, 0.3) is 6.08 Å². The highest BCUT2D eigenvalue weighted by atomic mass is 16.5. The summed E-state index contributed by atoms with van der Waals surface area (Å²) in [6.45, 7) is 2.15. The van der Waals surface area contributed by atoms with E-state index in [2.05, 4.69) is 24.4 Å². The summed E-state index contributed by atoms with van der Waals surface area (Å²) in [5.74, 6) is 0.589. The quantitative estimate of drug-likeness (QED) is 0.834. The second-order valence-corrected chi connectivity index (χ2v) is 5.00. The van der Waals surface area contributed by atoms with E-state index in [0.717, 1.165) is 24.1 Å². The van der Waals surface area contributed by atoms with Crippen LogP contribution in [0.2, 0.25) is 0 Å². The lowest BCUT2D eigenvalue weighted by Crippen LogP contribution is -2.11. The first-order valence-corrected chi connectivity index (χ1v) is 7.45. The molecule has 3 nitrogen and oxygen atoms in total. The van der Waals surface area contributed by atoms with Crippen molar-refractivity contribution in [2.75, 3.05) is 12.4 Å². The van der Waals surface area contributed by atoms with Crippen molar-refractivity contribution in [1.29, 1.82) is 0 Å². The smallest absolute Gasteiger partial charge is 0.255 e. The normalized spacial score (nSPS) is 10.6. The van der Waals surface area contributed by atoms with Crippen LogP contribution in [-0.2, 0) is 0 Å². The molecule has 22 heavy (non-hydrogen) atoms. The molecule has 0 aliphatic rings. The van der Waals surface area contributed by atoms with Crippen molar-refractivity contribution in [3.63, 3.8) is 0 Å². The Labute approximate surface area is 131 Å². The molecule has 114 valence electrons. The van der Waals surface area contributed by atoms with E-state index >= 15 is 0 Å². The van der Waals surface area contributed by atoms with E-state index in [1.807, 2.05) is 42.5 Å². The molecule has 0 aliphatic carbocycles. The molecule has 0 aromatic heterocycles. The first-order valence-electron chi connectivity index (χ1n) is 7.45. The minimum absolute atomic E-state index is 0.127. The van der Waals surface area contributed by atoms with Crippen LogP contribution in [0.3, 0.4) is 0 Å². The van der Waals surface area contributed by atoms with Gasteiger partial charge in [-0.3, -0.25) is 4.79 Å². The second kappa shape index (κ2) is 8.03. The Morgan fingerprint density at radius 2 is 1.95 bits per heavy atom. The van der Waals surface area contributed by atoms with Gasteiger partial charge in [0.2, 0.25) is 0 Å². The molecule has 0 fully saturated rings. The largest absolute Gasteiger partial charge is 0.497 e. The number of unbranched alkanes of at least 4 members (excludes halogenated alkanes) is 1. The van der Waals surface area contributed by atoms with Gasteiger partial charge in [0.25, 0.3) is 5.91 Å². The number of methoxy groups -OCH3 is 1. The predicted molar refractivity (Wildman–Crippen MR) is 91.3 cm³/mol. The maximum absolute atomic E-state index is 12.2. The topological polar surface area (TPSA) is 38.3 Å². The number of benzene rings is 2. The zero-order chi connectivity index (χ0) is 15.8. The van der Waals surface area contributed by atoms with E-state index in [-0.39, 0.29) is 5.91 Å². The van der Waals surface area contributed by atoms with Gasteiger partial charge in [-0.15, -0.1) is 0 Å². The van der Waals surface area contributed by atoms with Crippen LogP contribution in [0.15, 0.2) is 54.6 Å². The molecule has 1 N–H and O–H groups in total. The Morgan fingerprint density at radius 3 is 2.64 bits per heavy atom. The lowest BCUT2D eigenvalue weighted by molar-refractivity contribution is 0.102. The second-order valence-electron chi connectivity index (χ2n) is 5.00. The van der Waals surface area contributed by atoms with Gasteiger partial charge in [-0.25, -0.2) is 0 Å². The average molecular weight is 295 g/mol. The third kappa shape index (κ3) is 4.48. The highest BCUT2D eigenvalue weighted by molar-refractivity contribution is 6.04. The molecular weight excluding hydrogens is 274 g/mol. The Hall–Kier alpha value is -2.55. The SMILES string of the molecule is CCC/C=C/c1ccc(C(=O)Nc2cccc(OC)c2)cc1. The minimum Gasteiger partial charge on any atom is -0.497 e. The summed E-state index contributed by atoms with van der Waals surface area (Å²) in [6.07, 6.45) is 6.42. The fourth-order valence-electron chi connectivity index (χ4n) is 2.04. The number of carbonyl (C=O) groups excluding carboxylic acids is 1. The molecule has 0 aliphatic heterocycles. The Balaban J connectivity index is 2.03. The molecule has 0 radical (unpaired) electrons. The fraction of sp³-hybridized carbons (Fsp3) is 0.211. The van der Waals surface area contributed by atoms with Gasteiger partial charge in [0.05, 0.1) is 7.11 Å². The van der Waals surface area contributed by atoms with Gasteiger partial charge in [-0.1, -0.05) is 43.7 Å². The number of rotatable bonds is 6. The highest BCUT2D eigenvalue weighted by Gasteiger charge is 2.06. The van der Waals surface area contributed by atoms with Crippen LogP contribution in [0.5, 0.6) is 5.75 Å². The maximum Gasteiger partial charge on any atom is 0.255 e. The van der Waals surface area contributed by atoms with Crippen LogP contribution >= 0.6 is 0 Å². The summed E-state index contributed by atoms with van der Waals surface area (Å²) in [6, 6.07) is 14.9. The zero-order valence-electron chi connectivity index (χ0n) is 13.0. The molecule has 2 aromatic rings. The van der Waals surface area contributed by atoms with Gasteiger partial charge < -0.3 is 10.1 Å². The molecule has 0 heterocycles. The summed E-state index contributed by atoms with van der Waals surface area (Å²) >= 11 is 0. The van der Waals surface area contributed by atoms with Crippen molar-refractivity contribution in [3.05, 3.63) is 65.7 Å². The van der Waals surface area contributed by atoms with E-state index < -0.39 is 0 Å². The molecule has 0 saturated heterocycles. The number of carbonyl (C=O) groups is 1. The van der Waals surface area contributed by atoms with Gasteiger partial charge >= 0.3 is 0 Å². The summed E-state index contributed by atoms with van der Waals surface area (Å²) in [5, 5.41) is 2.87. The molecule has 0 unspecified atom stereocenters. The number of anilines is 1. The van der Waals surface area contributed by atoms with E-state index in [1.165, 1.54) is 0 Å². The minimum atomic E-state index is -0.127. The Kier molecular flexibility index (Phi) is 5.78. The fourth-order valence-corrected chi connectivity index (χ4v) is 2.04. The number of amides is 1. The molecular formula is C19H21NO2. The summed E-state index contributed by atoms with van der Waals surface area (Å²) in [4.78, 5) is 12.2. The molecule has 0 saturated carbocycles. The standard InChI is InChI=1S/C19H21NO2/c1-3-4-5-7-15-10-12-16(13-11-15)19(21)20-17-8-6-9-18(14-17)22-2/h5-14H,3-4H2,1-2H3,(H,20,21)/b7-5+. The molecule has 2 aromatic carbocycles. The number of nitrogens with one attached hydrogen (secondary N) is 1. The van der Waals surface area contributed by atoms with E-state index in [9.17, 15) is 4.79 Å². The van der Waals surface area contributed by atoms with Crippen molar-refractivity contribution >= 4 is 17.7 Å². The van der Waals surface area contributed by atoms with Gasteiger partial charge in [-0.2, -0.15) is 0 Å². The lowest BCUT2D eigenvalue weighted by atomic mass is 10.1. The van der Waals surface area contributed by atoms with Crippen molar-refractivity contribution in [3.8, 4) is 5.75 Å². The Morgan fingerprint density at radius 1 is 1.18 bits per heavy atom. The van der Waals surface area contributed by atoms with Crippen molar-refractivity contribution < 1.29 is 9.53 Å². The van der Waals surface area contributed by atoms with Crippen molar-refractivity contribution in [1.82, 2.24) is 0 Å². The van der Waals surface area contributed by atoms with Gasteiger partial charge in [-0.05, 0) is 36.2 Å². The molecule has 0 spiro atoms. The van der Waals surface area contributed by atoms with Crippen LogP contribution in [0.1, 0.15) is 35.7 Å². The van der Waals surface area contributed by atoms with Crippen molar-refractivity contribution in [2.24, 2.45) is 0 Å². The third-order valence-electron chi connectivity index (χ3n) is 3.27. The predicted octanol–water partition coefficient (Wildman–Crippen LogP) is 4.76. The number of allylic oxidation sites excluding steroid dienone is 1. The Bertz CT molecular complexity index is 645. The average Bonchev–Trinajstić information content (AvgIpc) is 2.56. The van der Waals surface area contributed by atoms with E-state index in [0.29, 0.717) is 11.3 Å². The van der Waals surface area contributed by atoms with Crippen LogP contribution in [-0.4, -0.2) is 13.0 Å². The van der Waals surface area contributed by atoms with Crippen LogP contribution in [0.4, 0.5) is 5.69 Å². The van der Waals surface area contributed by atoms with Crippen LogP contribution in [0, 0.1) is 0 Å². The van der Waals surface area contributed by atoms with Gasteiger partial charge in [0.1, 0.15) is 5.75 Å². The highest BCUT2D eigenvalue weighted by Crippen LogP contribution is 2.17. The van der Waals surface area contributed by atoms with E-state index in [1.54, 1.807) is 13.2 Å². The number of ether oxygens (including phenoxy) is 1. The number of hydrogen-bond donors (Lipinski definition) is 1. The van der Waals surface area contributed by atoms with Crippen LogP contribution < -0.4 is 10.1 Å². The summed E-state index contributed by atoms with van der Waals surface area (Å²) < 4.78 is 5.15. The first kappa shape index (κ1) is 15.8. The summed E-state index contributed by atoms with van der Waals surface area (Å²) in [5.41, 5.74) is 2.46. The monoisotopic (exact) mass is 295 g/mol. The molecule has 0 bridgehead atoms. The lowest BCUT2D eigenvalue weighted by Gasteiger charge is -2.07. The van der Waals surface area contributed by atoms with Crippen molar-refractivity contribution in [2.45, 2.75) is 19.8 Å². The maximum atomic E-state index is 12.2. The van der Waals surface area contributed by atoms with Gasteiger partial charge in [0.15, 0.2) is 0 Å². The molecule has 3 heteroatoms. The summed E-state index contributed by atoms with van der Waals surface area (Å²) in [7, 11) is 1.60. The first-order chi connectivity index (χ1) is 10.7.